The van der Waals surface area contributed by atoms with Gasteiger partial charge in [0.1, 0.15) is 5.75 Å². The highest BCUT2D eigenvalue weighted by atomic mass is 16.5. The second-order valence-electron chi connectivity index (χ2n) is 6.89. The maximum Gasteiger partial charge on any atom is 0.251 e. The van der Waals surface area contributed by atoms with Gasteiger partial charge in [0.2, 0.25) is 0 Å². The van der Waals surface area contributed by atoms with Gasteiger partial charge in [-0.05, 0) is 67.7 Å². The summed E-state index contributed by atoms with van der Waals surface area (Å²) >= 11 is 0. The fourth-order valence-corrected chi connectivity index (χ4v) is 3.46. The van der Waals surface area contributed by atoms with Crippen LogP contribution in [-0.2, 0) is 6.54 Å². The van der Waals surface area contributed by atoms with Crippen molar-refractivity contribution in [1.29, 1.82) is 0 Å². The fraction of sp³-hybridized carbons (Fsp3) is 0.409. The third-order valence-corrected chi connectivity index (χ3v) is 5.05. The van der Waals surface area contributed by atoms with Gasteiger partial charge < -0.3 is 10.1 Å². The summed E-state index contributed by atoms with van der Waals surface area (Å²) in [4.78, 5) is 15.1. The molecule has 1 amide bonds. The van der Waals surface area contributed by atoms with Gasteiger partial charge in [0, 0.05) is 12.1 Å². The van der Waals surface area contributed by atoms with Crippen LogP contribution in [0.25, 0.3) is 0 Å². The Balaban J connectivity index is 1.61. The molecule has 0 radical (unpaired) electrons. The molecular formula is C22H28N2O2. The molecule has 0 aliphatic carbocycles. The van der Waals surface area contributed by atoms with Crippen LogP contribution in [0.15, 0.2) is 48.5 Å². The summed E-state index contributed by atoms with van der Waals surface area (Å²) in [5.41, 5.74) is 3.07. The summed E-state index contributed by atoms with van der Waals surface area (Å²) in [5.74, 6) is 0.795. The monoisotopic (exact) mass is 352 g/mol. The van der Waals surface area contributed by atoms with E-state index in [1.807, 2.05) is 36.4 Å². The smallest absolute Gasteiger partial charge is 0.251 e. The number of carbonyl (C=O) groups is 1. The van der Waals surface area contributed by atoms with Crippen molar-refractivity contribution >= 4 is 5.91 Å². The molecule has 1 heterocycles. The molecule has 0 spiro atoms. The van der Waals surface area contributed by atoms with Crippen molar-refractivity contribution in [3.05, 3.63) is 65.2 Å². The zero-order valence-corrected chi connectivity index (χ0v) is 15.7. The highest BCUT2D eigenvalue weighted by molar-refractivity contribution is 5.94. The van der Waals surface area contributed by atoms with Crippen LogP contribution >= 0.6 is 0 Å². The van der Waals surface area contributed by atoms with E-state index in [9.17, 15) is 4.79 Å². The Morgan fingerprint density at radius 2 is 1.73 bits per heavy atom. The van der Waals surface area contributed by atoms with Crippen molar-refractivity contribution in [3.63, 3.8) is 0 Å². The van der Waals surface area contributed by atoms with E-state index in [2.05, 4.69) is 29.3 Å². The number of rotatable bonds is 7. The van der Waals surface area contributed by atoms with Gasteiger partial charge >= 0.3 is 0 Å². The Morgan fingerprint density at radius 1 is 1.08 bits per heavy atom. The highest BCUT2D eigenvalue weighted by Gasteiger charge is 2.15. The van der Waals surface area contributed by atoms with Crippen molar-refractivity contribution in [1.82, 2.24) is 10.2 Å². The Morgan fingerprint density at radius 3 is 2.31 bits per heavy atom. The minimum Gasteiger partial charge on any atom is -0.497 e. The molecule has 1 saturated heterocycles. The van der Waals surface area contributed by atoms with E-state index in [4.69, 9.17) is 4.74 Å². The van der Waals surface area contributed by atoms with E-state index >= 15 is 0 Å². The Bertz CT molecular complexity index is 704. The zero-order chi connectivity index (χ0) is 18.4. The molecule has 2 aromatic rings. The first kappa shape index (κ1) is 18.5. The van der Waals surface area contributed by atoms with Crippen LogP contribution in [0.2, 0.25) is 0 Å². The standard InChI is InChI=1S/C22H28N2O2/c1-3-21(18-10-12-20(26-2)13-11-18)23-22(25)19-8-6-17(7-9-19)16-24-14-4-5-15-24/h6-13,21H,3-5,14-16H2,1-2H3,(H,23,25)/t21-/m1/s1. The second kappa shape index (κ2) is 8.86. The van der Waals surface area contributed by atoms with E-state index in [0.29, 0.717) is 5.56 Å². The van der Waals surface area contributed by atoms with E-state index in [1.165, 1.54) is 31.5 Å². The highest BCUT2D eigenvalue weighted by Crippen LogP contribution is 2.21. The topological polar surface area (TPSA) is 41.6 Å². The third-order valence-electron chi connectivity index (χ3n) is 5.05. The van der Waals surface area contributed by atoms with Gasteiger partial charge in [-0.3, -0.25) is 9.69 Å². The first-order chi connectivity index (χ1) is 12.7. The fourth-order valence-electron chi connectivity index (χ4n) is 3.46. The lowest BCUT2D eigenvalue weighted by molar-refractivity contribution is 0.0935. The van der Waals surface area contributed by atoms with Gasteiger partial charge in [-0.2, -0.15) is 0 Å². The number of nitrogens with one attached hydrogen (secondary N) is 1. The summed E-state index contributed by atoms with van der Waals surface area (Å²) in [5, 5.41) is 3.14. The van der Waals surface area contributed by atoms with Gasteiger partial charge in [-0.1, -0.05) is 31.2 Å². The average Bonchev–Trinajstić information content (AvgIpc) is 3.19. The molecular weight excluding hydrogens is 324 g/mol. The van der Waals surface area contributed by atoms with Crippen molar-refractivity contribution in [2.45, 2.75) is 38.8 Å². The molecule has 138 valence electrons. The maximum absolute atomic E-state index is 12.6. The van der Waals surface area contributed by atoms with E-state index in [1.54, 1.807) is 7.11 Å². The van der Waals surface area contributed by atoms with Crippen molar-refractivity contribution in [3.8, 4) is 5.75 Å². The number of benzene rings is 2. The van der Waals surface area contributed by atoms with Crippen LogP contribution in [0.3, 0.4) is 0 Å². The Labute approximate surface area is 156 Å². The molecule has 0 unspecified atom stereocenters. The number of methoxy groups -OCH3 is 1. The van der Waals surface area contributed by atoms with E-state index < -0.39 is 0 Å². The summed E-state index contributed by atoms with van der Waals surface area (Å²) in [6.07, 6.45) is 3.43. The number of ether oxygens (including phenoxy) is 1. The molecule has 26 heavy (non-hydrogen) atoms. The minimum atomic E-state index is -0.0274. The van der Waals surface area contributed by atoms with Crippen LogP contribution in [0.4, 0.5) is 0 Å². The normalized spacial score (nSPS) is 15.6. The lowest BCUT2D eigenvalue weighted by Crippen LogP contribution is -2.28. The quantitative estimate of drug-likeness (QED) is 0.813. The SMILES string of the molecule is CC[C@@H](NC(=O)c1ccc(CN2CCCC2)cc1)c1ccc(OC)cc1. The van der Waals surface area contributed by atoms with Crippen molar-refractivity contribution < 1.29 is 9.53 Å². The van der Waals surface area contributed by atoms with E-state index in [-0.39, 0.29) is 11.9 Å². The summed E-state index contributed by atoms with van der Waals surface area (Å²) in [6.45, 7) is 5.42. The molecule has 2 aromatic carbocycles. The summed E-state index contributed by atoms with van der Waals surface area (Å²) < 4.78 is 5.20. The average molecular weight is 352 g/mol. The van der Waals surface area contributed by atoms with Gasteiger partial charge in [0.05, 0.1) is 13.2 Å². The summed E-state index contributed by atoms with van der Waals surface area (Å²) in [7, 11) is 1.65. The van der Waals surface area contributed by atoms with Crippen molar-refractivity contribution in [2.24, 2.45) is 0 Å². The molecule has 1 aliphatic rings. The van der Waals surface area contributed by atoms with Crippen molar-refractivity contribution in [2.75, 3.05) is 20.2 Å². The molecule has 4 nitrogen and oxygen atoms in total. The first-order valence-electron chi connectivity index (χ1n) is 9.45. The predicted molar refractivity (Wildman–Crippen MR) is 104 cm³/mol. The molecule has 1 fully saturated rings. The second-order valence-corrected chi connectivity index (χ2v) is 6.89. The van der Waals surface area contributed by atoms with E-state index in [0.717, 1.165) is 24.3 Å². The lowest BCUT2D eigenvalue weighted by atomic mass is 10.0. The number of nitrogens with zero attached hydrogens (tertiary/aromatic N) is 1. The molecule has 0 bridgehead atoms. The minimum absolute atomic E-state index is 0.00215. The first-order valence-corrected chi connectivity index (χ1v) is 9.45. The molecule has 1 N–H and O–H groups in total. The summed E-state index contributed by atoms with van der Waals surface area (Å²) in [6, 6.07) is 15.9. The Kier molecular flexibility index (Phi) is 6.29. The molecule has 0 aromatic heterocycles. The molecule has 0 saturated carbocycles. The van der Waals surface area contributed by atoms with Crippen LogP contribution in [0.5, 0.6) is 5.75 Å². The van der Waals surface area contributed by atoms with Gasteiger partial charge in [-0.25, -0.2) is 0 Å². The molecule has 3 rings (SSSR count). The van der Waals surface area contributed by atoms with Crippen LogP contribution in [-0.4, -0.2) is 31.0 Å². The predicted octanol–water partition coefficient (Wildman–Crippen LogP) is 4.17. The number of hydrogen-bond donors (Lipinski definition) is 1. The molecule has 1 atom stereocenters. The zero-order valence-electron chi connectivity index (χ0n) is 15.7. The molecule has 4 heteroatoms. The Hall–Kier alpha value is -2.33. The molecule has 1 aliphatic heterocycles. The van der Waals surface area contributed by atoms with Gasteiger partial charge in [-0.15, -0.1) is 0 Å². The largest absolute Gasteiger partial charge is 0.497 e. The number of carbonyl (C=O) groups excluding carboxylic acids is 1. The number of hydrogen-bond acceptors (Lipinski definition) is 3. The lowest BCUT2D eigenvalue weighted by Gasteiger charge is -2.18. The van der Waals surface area contributed by atoms with Gasteiger partial charge in [0.15, 0.2) is 0 Å². The maximum atomic E-state index is 12.6. The van der Waals surface area contributed by atoms with Gasteiger partial charge in [0.25, 0.3) is 5.91 Å². The van der Waals surface area contributed by atoms with Crippen LogP contribution < -0.4 is 10.1 Å². The van der Waals surface area contributed by atoms with Crippen LogP contribution in [0, 0.1) is 0 Å². The van der Waals surface area contributed by atoms with Crippen LogP contribution in [0.1, 0.15) is 53.7 Å². The number of amides is 1. The number of likely N-dealkylation sites (tertiary alicyclic amines) is 1. The third kappa shape index (κ3) is 4.64.